The number of anilines is 1. The Morgan fingerprint density at radius 2 is 1.93 bits per heavy atom. The molecular weight excluding hydrogens is 517 g/mol. The highest BCUT2D eigenvalue weighted by molar-refractivity contribution is 14.0. The quantitative estimate of drug-likeness (QED) is 0.353. The predicted molar refractivity (Wildman–Crippen MR) is 133 cm³/mol. The molecule has 2 aliphatic heterocycles. The fourth-order valence-corrected chi connectivity index (χ4v) is 5.16. The van der Waals surface area contributed by atoms with E-state index in [9.17, 15) is 0 Å². The van der Waals surface area contributed by atoms with Gasteiger partial charge in [0.05, 0.1) is 10.7 Å². The van der Waals surface area contributed by atoms with Crippen LogP contribution in [0, 0.1) is 12.8 Å². The van der Waals surface area contributed by atoms with Crippen LogP contribution in [0.25, 0.3) is 0 Å². The molecule has 7 nitrogen and oxygen atoms in total. The van der Waals surface area contributed by atoms with Gasteiger partial charge in [-0.25, -0.2) is 9.97 Å². The monoisotopic (exact) mass is 547 g/mol. The zero-order chi connectivity index (χ0) is 19.3. The van der Waals surface area contributed by atoms with E-state index in [4.69, 9.17) is 10.7 Å². The van der Waals surface area contributed by atoms with Crippen molar-refractivity contribution in [3.05, 3.63) is 27.7 Å². The Kier molecular flexibility index (Phi) is 8.51. The van der Waals surface area contributed by atoms with Gasteiger partial charge in [0, 0.05) is 56.2 Å². The average molecular weight is 548 g/mol. The normalized spacial score (nSPS) is 19.4. The van der Waals surface area contributed by atoms with Gasteiger partial charge in [-0.05, 0) is 38.8 Å². The van der Waals surface area contributed by atoms with Crippen molar-refractivity contribution >= 4 is 57.7 Å². The molecule has 0 aromatic carbocycles. The van der Waals surface area contributed by atoms with E-state index in [1.165, 1.54) is 18.5 Å². The van der Waals surface area contributed by atoms with E-state index in [0.717, 1.165) is 62.5 Å². The Morgan fingerprint density at radius 3 is 2.55 bits per heavy atom. The molecule has 160 valence electrons. The summed E-state index contributed by atoms with van der Waals surface area (Å²) in [5.41, 5.74) is 7.50. The molecule has 2 aliphatic rings. The van der Waals surface area contributed by atoms with Gasteiger partial charge in [-0.2, -0.15) is 0 Å². The first-order chi connectivity index (χ1) is 13.7. The minimum Gasteiger partial charge on any atom is -0.370 e. The molecular formula is C19H30IN7S2. The Bertz CT molecular complexity index is 763. The molecule has 2 N–H and O–H groups in total. The summed E-state index contributed by atoms with van der Waals surface area (Å²) in [5.74, 6) is 1.35. The van der Waals surface area contributed by atoms with Crippen LogP contribution in [-0.2, 0) is 6.54 Å². The summed E-state index contributed by atoms with van der Waals surface area (Å²) in [6, 6.07) is 0. The van der Waals surface area contributed by atoms with Crippen molar-refractivity contribution in [2.75, 3.05) is 50.7 Å². The SMILES string of the molecule is Cc1nc(CN2CCC(CN=C(N)N3CCN(c4nccs4)CC3)CC2)cs1.I. The second-order valence-corrected chi connectivity index (χ2v) is 9.50. The van der Waals surface area contributed by atoms with Crippen LogP contribution < -0.4 is 10.6 Å². The Labute approximate surface area is 198 Å². The molecule has 4 heterocycles. The van der Waals surface area contributed by atoms with Crippen LogP contribution in [0.3, 0.4) is 0 Å². The van der Waals surface area contributed by atoms with E-state index in [0.29, 0.717) is 11.9 Å². The number of piperazine rings is 1. The molecule has 0 bridgehead atoms. The maximum absolute atomic E-state index is 6.29. The largest absolute Gasteiger partial charge is 0.370 e. The van der Waals surface area contributed by atoms with E-state index in [1.54, 1.807) is 22.7 Å². The first-order valence-corrected chi connectivity index (χ1v) is 11.8. The number of hydrogen-bond acceptors (Lipinski definition) is 7. The third-order valence-corrected chi connectivity index (χ3v) is 7.22. The molecule has 29 heavy (non-hydrogen) atoms. The lowest BCUT2D eigenvalue weighted by molar-refractivity contribution is 0.179. The van der Waals surface area contributed by atoms with Gasteiger partial charge in [-0.1, -0.05) is 0 Å². The smallest absolute Gasteiger partial charge is 0.191 e. The van der Waals surface area contributed by atoms with Gasteiger partial charge in [0.1, 0.15) is 0 Å². The number of halogens is 1. The maximum Gasteiger partial charge on any atom is 0.191 e. The molecule has 0 saturated carbocycles. The Hall–Kier alpha value is -0.980. The highest BCUT2D eigenvalue weighted by Crippen LogP contribution is 2.21. The molecule has 0 aliphatic carbocycles. The lowest BCUT2D eigenvalue weighted by Crippen LogP contribution is -2.51. The standard InChI is InChI=1S/C19H29N7S2.HI/c1-15-23-17(14-28-15)13-24-5-2-16(3-6-24)12-22-18(20)25-7-9-26(10-8-25)19-21-4-11-27-19;/h4,11,14,16H,2-3,5-10,12-13H2,1H3,(H2,20,22);1H. The third-order valence-electron chi connectivity index (χ3n) is 5.56. The summed E-state index contributed by atoms with van der Waals surface area (Å²) in [5, 5.41) is 6.47. The minimum atomic E-state index is 0. The molecule has 0 atom stereocenters. The van der Waals surface area contributed by atoms with Crippen molar-refractivity contribution in [1.82, 2.24) is 19.8 Å². The third kappa shape index (κ3) is 6.25. The number of nitrogens with two attached hydrogens (primary N) is 1. The number of likely N-dealkylation sites (tertiary alicyclic amines) is 1. The minimum absolute atomic E-state index is 0. The van der Waals surface area contributed by atoms with Crippen molar-refractivity contribution in [2.24, 2.45) is 16.6 Å². The van der Waals surface area contributed by atoms with E-state index >= 15 is 0 Å². The summed E-state index contributed by atoms with van der Waals surface area (Å²) >= 11 is 3.43. The van der Waals surface area contributed by atoms with Gasteiger partial charge < -0.3 is 15.5 Å². The van der Waals surface area contributed by atoms with E-state index < -0.39 is 0 Å². The van der Waals surface area contributed by atoms with Gasteiger partial charge in [-0.3, -0.25) is 9.89 Å². The summed E-state index contributed by atoms with van der Waals surface area (Å²) < 4.78 is 0. The van der Waals surface area contributed by atoms with Crippen molar-refractivity contribution in [3.8, 4) is 0 Å². The van der Waals surface area contributed by atoms with Crippen LogP contribution in [-0.4, -0.2) is 71.5 Å². The number of piperidine rings is 1. The lowest BCUT2D eigenvalue weighted by Gasteiger charge is -2.35. The van der Waals surface area contributed by atoms with Crippen LogP contribution in [0.2, 0.25) is 0 Å². The second kappa shape index (κ2) is 10.9. The summed E-state index contributed by atoms with van der Waals surface area (Å²) in [4.78, 5) is 20.8. The van der Waals surface area contributed by atoms with E-state index in [-0.39, 0.29) is 24.0 Å². The number of guanidine groups is 1. The highest BCUT2D eigenvalue weighted by Gasteiger charge is 2.22. The zero-order valence-electron chi connectivity index (χ0n) is 16.9. The van der Waals surface area contributed by atoms with Crippen molar-refractivity contribution < 1.29 is 0 Å². The molecule has 4 rings (SSSR count). The molecule has 2 aromatic rings. The predicted octanol–water partition coefficient (Wildman–Crippen LogP) is 2.87. The van der Waals surface area contributed by atoms with Gasteiger partial charge >= 0.3 is 0 Å². The average Bonchev–Trinajstić information content (AvgIpc) is 3.39. The number of aliphatic imine (C=N–C) groups is 1. The molecule has 0 unspecified atom stereocenters. The van der Waals surface area contributed by atoms with Crippen molar-refractivity contribution in [1.29, 1.82) is 0 Å². The second-order valence-electron chi connectivity index (χ2n) is 7.57. The summed E-state index contributed by atoms with van der Waals surface area (Å²) in [6.45, 7) is 9.90. The Balaban J connectivity index is 0.00000240. The number of rotatable bonds is 5. The summed E-state index contributed by atoms with van der Waals surface area (Å²) in [6.07, 6.45) is 4.25. The number of aromatic nitrogens is 2. The van der Waals surface area contributed by atoms with Crippen molar-refractivity contribution in [3.63, 3.8) is 0 Å². The first kappa shape index (κ1) is 22.7. The number of thiazole rings is 2. The molecule has 2 saturated heterocycles. The Morgan fingerprint density at radius 1 is 1.17 bits per heavy atom. The van der Waals surface area contributed by atoms with E-state index in [2.05, 4.69) is 37.0 Å². The molecule has 2 aromatic heterocycles. The van der Waals surface area contributed by atoms with Gasteiger partial charge in [0.15, 0.2) is 11.1 Å². The van der Waals surface area contributed by atoms with Crippen LogP contribution in [0.4, 0.5) is 5.13 Å². The molecule has 0 spiro atoms. The number of aryl methyl sites for hydroxylation is 1. The highest BCUT2D eigenvalue weighted by atomic mass is 127. The molecule has 10 heteroatoms. The van der Waals surface area contributed by atoms with Crippen LogP contribution in [0.5, 0.6) is 0 Å². The summed E-state index contributed by atoms with van der Waals surface area (Å²) in [7, 11) is 0. The molecule has 0 amide bonds. The fourth-order valence-electron chi connectivity index (χ4n) is 3.86. The topological polar surface area (TPSA) is 73.9 Å². The van der Waals surface area contributed by atoms with Gasteiger partial charge in [0.2, 0.25) is 0 Å². The first-order valence-electron chi connectivity index (χ1n) is 10.00. The van der Waals surface area contributed by atoms with Crippen molar-refractivity contribution in [2.45, 2.75) is 26.3 Å². The maximum atomic E-state index is 6.29. The fraction of sp³-hybridized carbons (Fsp3) is 0.632. The van der Waals surface area contributed by atoms with Crippen LogP contribution >= 0.6 is 46.7 Å². The number of nitrogens with zero attached hydrogens (tertiary/aromatic N) is 6. The molecule has 0 radical (unpaired) electrons. The molecule has 2 fully saturated rings. The number of hydrogen-bond donors (Lipinski definition) is 1. The van der Waals surface area contributed by atoms with Crippen LogP contribution in [0.1, 0.15) is 23.5 Å². The van der Waals surface area contributed by atoms with Crippen LogP contribution in [0.15, 0.2) is 21.9 Å². The van der Waals surface area contributed by atoms with E-state index in [1.807, 2.05) is 11.6 Å². The van der Waals surface area contributed by atoms with Gasteiger partial charge in [-0.15, -0.1) is 46.7 Å². The lowest BCUT2D eigenvalue weighted by atomic mass is 9.97. The van der Waals surface area contributed by atoms with Gasteiger partial charge in [0.25, 0.3) is 0 Å². The zero-order valence-corrected chi connectivity index (χ0v) is 20.8.